The Bertz CT molecular complexity index is 202. The predicted molar refractivity (Wildman–Crippen MR) is 37.6 cm³/mol. The van der Waals surface area contributed by atoms with Crippen LogP contribution in [0.15, 0.2) is 0 Å². The van der Waals surface area contributed by atoms with Gasteiger partial charge < -0.3 is 5.11 Å². The zero-order valence-corrected chi connectivity index (χ0v) is 6.50. The lowest BCUT2D eigenvalue weighted by molar-refractivity contribution is 0.0127. The van der Waals surface area contributed by atoms with Crippen molar-refractivity contribution in [2.75, 3.05) is 19.7 Å². The van der Waals surface area contributed by atoms with Gasteiger partial charge in [-0.15, -0.1) is 0 Å². The highest BCUT2D eigenvalue weighted by Gasteiger charge is 2.44. The summed E-state index contributed by atoms with van der Waals surface area (Å²) in [6.45, 7) is -0.760. The molecule has 0 bridgehead atoms. The van der Waals surface area contributed by atoms with Crippen molar-refractivity contribution >= 4 is 0 Å². The summed E-state index contributed by atoms with van der Waals surface area (Å²) in [5.41, 5.74) is 0. The maximum atomic E-state index is 12.7. The lowest BCUT2D eigenvalue weighted by Crippen LogP contribution is -2.33. The Morgan fingerprint density at radius 3 is 2.83 bits per heavy atom. The van der Waals surface area contributed by atoms with E-state index in [9.17, 15) is 8.78 Å². The van der Waals surface area contributed by atoms with Gasteiger partial charge in [-0.25, -0.2) is 8.78 Å². The number of nitrogens with zero attached hydrogens (tertiary/aromatic N) is 2. The van der Waals surface area contributed by atoms with Crippen molar-refractivity contribution in [3.8, 4) is 6.07 Å². The summed E-state index contributed by atoms with van der Waals surface area (Å²) >= 11 is 0. The third kappa shape index (κ3) is 1.90. The van der Waals surface area contributed by atoms with Gasteiger partial charge in [-0.2, -0.15) is 5.26 Å². The first-order valence-corrected chi connectivity index (χ1v) is 3.69. The maximum absolute atomic E-state index is 12.7. The summed E-state index contributed by atoms with van der Waals surface area (Å²) in [5, 5.41) is 17.0. The Labute approximate surface area is 69.2 Å². The first kappa shape index (κ1) is 9.36. The average Bonchev–Trinajstić information content (AvgIpc) is 2.26. The molecule has 0 radical (unpaired) electrons. The number of hydrogen-bond acceptors (Lipinski definition) is 3. The van der Waals surface area contributed by atoms with Crippen LogP contribution in [-0.4, -0.2) is 41.7 Å². The van der Waals surface area contributed by atoms with Gasteiger partial charge in [-0.05, 0) is 0 Å². The molecule has 3 nitrogen and oxygen atoms in total. The number of aliphatic hydroxyl groups is 1. The monoisotopic (exact) mass is 176 g/mol. The van der Waals surface area contributed by atoms with Crippen LogP contribution in [-0.2, 0) is 0 Å². The van der Waals surface area contributed by atoms with E-state index in [0.717, 1.165) is 0 Å². The quantitative estimate of drug-likeness (QED) is 0.612. The minimum atomic E-state index is -2.75. The second kappa shape index (κ2) is 3.33. The molecule has 0 aromatic carbocycles. The van der Waals surface area contributed by atoms with E-state index in [1.165, 1.54) is 4.90 Å². The molecule has 1 atom stereocenters. The third-order valence-electron chi connectivity index (χ3n) is 1.97. The lowest BCUT2D eigenvalue weighted by Gasteiger charge is -2.17. The molecule has 0 amide bonds. The molecule has 0 saturated carbocycles. The van der Waals surface area contributed by atoms with Gasteiger partial charge in [0.2, 0.25) is 0 Å². The molecule has 1 unspecified atom stereocenters. The van der Waals surface area contributed by atoms with Crippen LogP contribution in [0.1, 0.15) is 6.42 Å². The van der Waals surface area contributed by atoms with Crippen molar-refractivity contribution in [3.63, 3.8) is 0 Å². The first-order chi connectivity index (χ1) is 5.59. The molecular weight excluding hydrogens is 166 g/mol. The second-order valence-corrected chi connectivity index (χ2v) is 2.96. The highest BCUT2D eigenvalue weighted by atomic mass is 19.3. The van der Waals surface area contributed by atoms with Crippen LogP contribution in [0.3, 0.4) is 0 Å². The molecule has 1 aliphatic heterocycles. The van der Waals surface area contributed by atoms with Crippen LogP contribution < -0.4 is 0 Å². The topological polar surface area (TPSA) is 47.3 Å². The number of likely N-dealkylation sites (tertiary alicyclic amines) is 1. The highest BCUT2D eigenvalue weighted by molar-refractivity contribution is 4.93. The Morgan fingerprint density at radius 1 is 1.67 bits per heavy atom. The Morgan fingerprint density at radius 2 is 2.33 bits per heavy atom. The smallest absolute Gasteiger partial charge is 0.262 e. The van der Waals surface area contributed by atoms with Gasteiger partial charge in [-0.3, -0.25) is 4.90 Å². The van der Waals surface area contributed by atoms with E-state index in [4.69, 9.17) is 10.4 Å². The molecule has 1 rings (SSSR count). The molecule has 1 saturated heterocycles. The van der Waals surface area contributed by atoms with Gasteiger partial charge in [0, 0.05) is 12.5 Å². The van der Waals surface area contributed by atoms with Crippen molar-refractivity contribution < 1.29 is 13.9 Å². The van der Waals surface area contributed by atoms with Crippen molar-refractivity contribution in [1.82, 2.24) is 4.90 Å². The third-order valence-corrected chi connectivity index (χ3v) is 1.97. The van der Waals surface area contributed by atoms with Gasteiger partial charge in [0.25, 0.3) is 5.92 Å². The summed E-state index contributed by atoms with van der Waals surface area (Å²) in [6, 6.07) is 1.24. The highest BCUT2D eigenvalue weighted by Crippen LogP contribution is 2.31. The van der Waals surface area contributed by atoms with E-state index in [-0.39, 0.29) is 19.6 Å². The van der Waals surface area contributed by atoms with E-state index in [1.807, 2.05) is 0 Å². The normalized spacial score (nSPS) is 28.7. The number of hydrogen-bond donors (Lipinski definition) is 1. The van der Waals surface area contributed by atoms with Gasteiger partial charge in [0.1, 0.15) is 0 Å². The van der Waals surface area contributed by atoms with Crippen LogP contribution in [0.5, 0.6) is 0 Å². The van der Waals surface area contributed by atoms with Gasteiger partial charge in [-0.1, -0.05) is 0 Å². The largest absolute Gasteiger partial charge is 0.395 e. The fraction of sp³-hybridized carbons (Fsp3) is 0.857. The minimum absolute atomic E-state index is 0.0409. The van der Waals surface area contributed by atoms with Gasteiger partial charge in [0.05, 0.1) is 25.8 Å². The molecule has 0 spiro atoms. The Kier molecular flexibility index (Phi) is 2.60. The predicted octanol–water partition coefficient (Wildman–Crippen LogP) is 0.212. The minimum Gasteiger partial charge on any atom is -0.395 e. The fourth-order valence-electron chi connectivity index (χ4n) is 1.42. The summed E-state index contributed by atoms with van der Waals surface area (Å²) in [5.74, 6) is -2.75. The molecule has 1 fully saturated rings. The number of nitriles is 1. The maximum Gasteiger partial charge on any atom is 0.262 e. The zero-order chi connectivity index (χ0) is 9.19. The molecule has 1 aliphatic rings. The van der Waals surface area contributed by atoms with Crippen LogP contribution >= 0.6 is 0 Å². The number of halogens is 2. The molecule has 68 valence electrons. The van der Waals surface area contributed by atoms with E-state index in [1.54, 1.807) is 6.07 Å². The zero-order valence-electron chi connectivity index (χ0n) is 6.50. The average molecular weight is 176 g/mol. The summed E-state index contributed by atoms with van der Waals surface area (Å²) in [6.07, 6.45) is -0.342. The first-order valence-electron chi connectivity index (χ1n) is 3.69. The molecule has 0 aromatic heterocycles. The summed E-state index contributed by atoms with van der Waals surface area (Å²) < 4.78 is 25.4. The summed E-state index contributed by atoms with van der Waals surface area (Å²) in [7, 11) is 0. The van der Waals surface area contributed by atoms with Gasteiger partial charge in [0.15, 0.2) is 0 Å². The molecule has 5 heteroatoms. The van der Waals surface area contributed by atoms with E-state index in [2.05, 4.69) is 0 Å². The Balaban J connectivity index is 2.58. The van der Waals surface area contributed by atoms with Crippen molar-refractivity contribution in [2.45, 2.75) is 18.4 Å². The van der Waals surface area contributed by atoms with E-state index >= 15 is 0 Å². The Hall–Kier alpha value is -0.730. The summed E-state index contributed by atoms with van der Waals surface area (Å²) in [4.78, 5) is 1.31. The van der Waals surface area contributed by atoms with E-state index < -0.39 is 18.5 Å². The van der Waals surface area contributed by atoms with Gasteiger partial charge >= 0.3 is 0 Å². The molecule has 0 aliphatic carbocycles. The number of alkyl halides is 2. The number of rotatable bonds is 2. The SMILES string of the molecule is N#CCN1CC(F)(F)CC1CO. The molecule has 0 aromatic rings. The van der Waals surface area contributed by atoms with Crippen molar-refractivity contribution in [2.24, 2.45) is 0 Å². The van der Waals surface area contributed by atoms with E-state index in [0.29, 0.717) is 0 Å². The van der Waals surface area contributed by atoms with Crippen LogP contribution in [0.25, 0.3) is 0 Å². The molecule has 1 heterocycles. The van der Waals surface area contributed by atoms with Crippen molar-refractivity contribution in [1.29, 1.82) is 5.26 Å². The molecule has 1 N–H and O–H groups in total. The van der Waals surface area contributed by atoms with Crippen LogP contribution in [0.4, 0.5) is 8.78 Å². The standard InChI is InChI=1S/C7H10F2N2O/c8-7(9)3-6(4-12)11(5-7)2-1-10/h6,12H,2-5H2. The van der Waals surface area contributed by atoms with Crippen LogP contribution in [0.2, 0.25) is 0 Å². The second-order valence-electron chi connectivity index (χ2n) is 2.96. The molecular formula is C7H10F2N2O. The van der Waals surface area contributed by atoms with Crippen LogP contribution in [0, 0.1) is 11.3 Å². The number of aliphatic hydroxyl groups excluding tert-OH is 1. The molecule has 12 heavy (non-hydrogen) atoms. The van der Waals surface area contributed by atoms with Crippen molar-refractivity contribution in [3.05, 3.63) is 0 Å². The lowest BCUT2D eigenvalue weighted by atomic mass is 10.2. The fourth-order valence-corrected chi connectivity index (χ4v) is 1.42.